The van der Waals surface area contributed by atoms with Crippen LogP contribution >= 0.6 is 11.8 Å². The van der Waals surface area contributed by atoms with E-state index in [2.05, 4.69) is 26.0 Å². The second kappa shape index (κ2) is 5.70. The fourth-order valence-corrected chi connectivity index (χ4v) is 2.51. The van der Waals surface area contributed by atoms with Crippen molar-refractivity contribution in [3.8, 4) is 0 Å². The number of thioether (sulfide) groups is 1. The van der Waals surface area contributed by atoms with E-state index in [0.29, 0.717) is 11.8 Å². The van der Waals surface area contributed by atoms with E-state index in [0.717, 1.165) is 29.7 Å². The molecule has 0 aromatic carbocycles. The van der Waals surface area contributed by atoms with Gasteiger partial charge in [0.2, 0.25) is 5.16 Å². The Morgan fingerprint density at radius 3 is 3.16 bits per heavy atom. The van der Waals surface area contributed by atoms with Gasteiger partial charge >= 0.3 is 0 Å². The first kappa shape index (κ1) is 12.6. The highest BCUT2D eigenvalue weighted by Crippen LogP contribution is 2.20. The van der Waals surface area contributed by atoms with Gasteiger partial charge in [-0.15, -0.1) is 5.10 Å². The van der Waals surface area contributed by atoms with Gasteiger partial charge in [0.15, 0.2) is 0 Å². The van der Waals surface area contributed by atoms with Crippen molar-refractivity contribution in [1.82, 2.24) is 30.7 Å². The lowest BCUT2D eigenvalue weighted by Gasteiger charge is -2.04. The van der Waals surface area contributed by atoms with Crippen LogP contribution < -0.4 is 5.32 Å². The summed E-state index contributed by atoms with van der Waals surface area (Å²) >= 11 is 1.57. The van der Waals surface area contributed by atoms with Gasteiger partial charge in [-0.3, -0.25) is 0 Å². The van der Waals surface area contributed by atoms with E-state index in [9.17, 15) is 0 Å². The van der Waals surface area contributed by atoms with Gasteiger partial charge in [0.25, 0.3) is 0 Å². The number of hydrogen-bond acceptors (Lipinski definition) is 7. The van der Waals surface area contributed by atoms with Gasteiger partial charge in [0.05, 0.1) is 12.2 Å². The first-order valence-corrected chi connectivity index (χ1v) is 7.34. The highest BCUT2D eigenvalue weighted by atomic mass is 32.2. The Kier molecular flexibility index (Phi) is 3.79. The number of nitrogens with one attached hydrogen (secondary N) is 1. The monoisotopic (exact) mass is 280 g/mol. The lowest BCUT2D eigenvalue weighted by atomic mass is 10.4. The predicted octanol–water partition coefficient (Wildman–Crippen LogP) is 1.01. The van der Waals surface area contributed by atoms with E-state index in [1.54, 1.807) is 11.8 Å². The average Bonchev–Trinajstić information content (AvgIpc) is 2.95. The Morgan fingerprint density at radius 1 is 1.53 bits per heavy atom. The highest BCUT2D eigenvalue weighted by Gasteiger charge is 2.20. The molecule has 1 N–H and O–H groups in total. The smallest absolute Gasteiger partial charge is 0.209 e. The molecular weight excluding hydrogens is 264 g/mol. The number of hydrogen-bond donors (Lipinski definition) is 1. The minimum Gasteiger partial charge on any atom is -0.361 e. The first-order chi connectivity index (χ1) is 9.31. The summed E-state index contributed by atoms with van der Waals surface area (Å²) in [5, 5.41) is 20.0. The predicted molar refractivity (Wildman–Crippen MR) is 69.6 cm³/mol. The van der Waals surface area contributed by atoms with Gasteiger partial charge in [0.1, 0.15) is 5.76 Å². The molecule has 1 aliphatic carbocycles. The molecular formula is C11H16N6OS. The molecule has 0 bridgehead atoms. The summed E-state index contributed by atoms with van der Waals surface area (Å²) in [5.41, 5.74) is 0.910. The molecule has 102 valence electrons. The molecule has 0 amide bonds. The van der Waals surface area contributed by atoms with Crippen LogP contribution in [0.25, 0.3) is 0 Å². The standard InChI is InChI=1S/C11H16N6OS/c1-8-6-10(14-18-8)7-19-11-13-15-16-17(11)5-4-12-9-2-3-9/h6,9,12H,2-5,7H2,1H3. The summed E-state index contributed by atoms with van der Waals surface area (Å²) in [6.45, 7) is 3.59. The largest absolute Gasteiger partial charge is 0.361 e. The third-order valence-corrected chi connectivity index (χ3v) is 3.85. The van der Waals surface area contributed by atoms with Crippen molar-refractivity contribution >= 4 is 11.8 Å². The van der Waals surface area contributed by atoms with Crippen LogP contribution in [0.4, 0.5) is 0 Å². The van der Waals surface area contributed by atoms with Crippen molar-refractivity contribution in [3.63, 3.8) is 0 Å². The fourth-order valence-electron chi connectivity index (χ4n) is 1.73. The summed E-state index contributed by atoms with van der Waals surface area (Å²) in [6, 6.07) is 2.64. The molecule has 1 fully saturated rings. The van der Waals surface area contributed by atoms with E-state index in [1.165, 1.54) is 12.8 Å². The molecule has 8 heteroatoms. The lowest BCUT2D eigenvalue weighted by Crippen LogP contribution is -2.22. The molecule has 1 saturated carbocycles. The second-order valence-corrected chi connectivity index (χ2v) is 5.57. The molecule has 2 aromatic heterocycles. The Balaban J connectivity index is 1.50. The SMILES string of the molecule is Cc1cc(CSc2nnnn2CCNC2CC2)no1. The molecule has 7 nitrogen and oxygen atoms in total. The van der Waals surface area contributed by atoms with E-state index in [-0.39, 0.29) is 0 Å². The van der Waals surface area contributed by atoms with Gasteiger partial charge in [-0.1, -0.05) is 16.9 Å². The zero-order valence-corrected chi connectivity index (χ0v) is 11.6. The topological polar surface area (TPSA) is 81.7 Å². The normalized spacial score (nSPS) is 15.0. The first-order valence-electron chi connectivity index (χ1n) is 6.36. The van der Waals surface area contributed by atoms with Crippen LogP contribution in [0.15, 0.2) is 15.7 Å². The molecule has 0 atom stereocenters. The van der Waals surface area contributed by atoms with Crippen molar-refractivity contribution in [2.75, 3.05) is 6.54 Å². The Labute approximate surface area is 115 Å². The molecule has 2 aromatic rings. The third kappa shape index (κ3) is 3.54. The van der Waals surface area contributed by atoms with Crippen LogP contribution in [0.5, 0.6) is 0 Å². The van der Waals surface area contributed by atoms with Crippen molar-refractivity contribution in [2.45, 2.75) is 43.3 Å². The van der Waals surface area contributed by atoms with Crippen molar-refractivity contribution in [1.29, 1.82) is 0 Å². The number of aromatic nitrogens is 5. The molecule has 3 rings (SSSR count). The Bertz CT molecular complexity index is 535. The zero-order chi connectivity index (χ0) is 13.1. The molecule has 1 aliphatic rings. The molecule has 0 unspecified atom stereocenters. The van der Waals surface area contributed by atoms with Crippen LogP contribution in [0.2, 0.25) is 0 Å². The van der Waals surface area contributed by atoms with Crippen LogP contribution in [0, 0.1) is 6.92 Å². The van der Waals surface area contributed by atoms with Crippen LogP contribution in [0.1, 0.15) is 24.3 Å². The molecule has 0 radical (unpaired) electrons. The minimum absolute atomic E-state index is 0.714. The van der Waals surface area contributed by atoms with E-state index < -0.39 is 0 Å². The van der Waals surface area contributed by atoms with Gasteiger partial charge in [-0.25, -0.2) is 4.68 Å². The summed E-state index contributed by atoms with van der Waals surface area (Å²) < 4.78 is 6.86. The van der Waals surface area contributed by atoms with Crippen molar-refractivity contribution in [2.24, 2.45) is 0 Å². The lowest BCUT2D eigenvalue weighted by molar-refractivity contribution is 0.393. The number of nitrogens with zero attached hydrogens (tertiary/aromatic N) is 5. The maximum Gasteiger partial charge on any atom is 0.209 e. The molecule has 0 saturated heterocycles. The quantitative estimate of drug-likeness (QED) is 0.758. The van der Waals surface area contributed by atoms with Crippen molar-refractivity contribution < 1.29 is 4.52 Å². The summed E-state index contributed by atoms with van der Waals surface area (Å²) in [4.78, 5) is 0. The molecule has 19 heavy (non-hydrogen) atoms. The Hall–Kier alpha value is -1.41. The van der Waals surface area contributed by atoms with Crippen molar-refractivity contribution in [3.05, 3.63) is 17.5 Å². The fraction of sp³-hybridized carbons (Fsp3) is 0.636. The van der Waals surface area contributed by atoms with Crippen LogP contribution in [0.3, 0.4) is 0 Å². The third-order valence-electron chi connectivity index (χ3n) is 2.86. The van der Waals surface area contributed by atoms with E-state index in [4.69, 9.17) is 4.52 Å². The number of tetrazole rings is 1. The minimum atomic E-state index is 0.714. The summed E-state index contributed by atoms with van der Waals surface area (Å²) in [6.07, 6.45) is 2.59. The maximum absolute atomic E-state index is 5.03. The number of aryl methyl sites for hydroxylation is 1. The molecule has 2 heterocycles. The van der Waals surface area contributed by atoms with E-state index >= 15 is 0 Å². The van der Waals surface area contributed by atoms with Gasteiger partial charge in [-0.2, -0.15) is 0 Å². The van der Waals surface area contributed by atoms with Gasteiger partial charge < -0.3 is 9.84 Å². The number of rotatable bonds is 7. The Morgan fingerprint density at radius 2 is 2.42 bits per heavy atom. The zero-order valence-electron chi connectivity index (χ0n) is 10.7. The second-order valence-electron chi connectivity index (χ2n) is 4.63. The highest BCUT2D eigenvalue weighted by molar-refractivity contribution is 7.98. The van der Waals surface area contributed by atoms with E-state index in [1.807, 2.05) is 17.7 Å². The van der Waals surface area contributed by atoms with Gasteiger partial charge in [0, 0.05) is 24.4 Å². The van der Waals surface area contributed by atoms with Crippen LogP contribution in [-0.4, -0.2) is 38.0 Å². The maximum atomic E-state index is 5.03. The van der Waals surface area contributed by atoms with Gasteiger partial charge in [-0.05, 0) is 30.2 Å². The van der Waals surface area contributed by atoms with Crippen LogP contribution in [-0.2, 0) is 12.3 Å². The molecule has 0 aliphatic heterocycles. The average molecular weight is 280 g/mol. The molecule has 0 spiro atoms. The summed E-state index contributed by atoms with van der Waals surface area (Å²) in [7, 11) is 0. The summed E-state index contributed by atoms with van der Waals surface area (Å²) in [5.74, 6) is 1.54.